The van der Waals surface area contributed by atoms with Gasteiger partial charge < -0.3 is 4.74 Å². The third-order valence-corrected chi connectivity index (χ3v) is 2.74. The molecule has 1 atom stereocenters. The van der Waals surface area contributed by atoms with Gasteiger partial charge >= 0.3 is 11.9 Å². The molecule has 0 saturated heterocycles. The van der Waals surface area contributed by atoms with Gasteiger partial charge in [0.25, 0.3) is 0 Å². The average Bonchev–Trinajstić information content (AvgIpc) is 2.40. The van der Waals surface area contributed by atoms with E-state index in [1.807, 2.05) is 6.08 Å². The molecule has 0 bridgehead atoms. The van der Waals surface area contributed by atoms with E-state index in [1.165, 1.54) is 0 Å². The van der Waals surface area contributed by atoms with E-state index in [-0.39, 0.29) is 0 Å². The van der Waals surface area contributed by atoms with Gasteiger partial charge in [-0.1, -0.05) is 43.4 Å². The third kappa shape index (κ3) is 2.94. The quantitative estimate of drug-likeness (QED) is 0.591. The number of rotatable bonds is 2. The summed E-state index contributed by atoms with van der Waals surface area (Å²) in [4.78, 5) is 23.4. The number of carbonyl (C=O) groups excluding carboxylic acids is 2. The SMILES string of the molecule is CC1C=CC(C(=O)OC(=O)c2ccccc2)=CC1. The van der Waals surface area contributed by atoms with Crippen molar-refractivity contribution in [2.45, 2.75) is 13.3 Å². The Labute approximate surface area is 106 Å². The van der Waals surface area contributed by atoms with E-state index in [4.69, 9.17) is 4.74 Å². The third-order valence-electron chi connectivity index (χ3n) is 2.74. The smallest absolute Gasteiger partial charge is 0.346 e. The predicted octanol–water partition coefficient (Wildman–Crippen LogP) is 2.89. The molecule has 0 heterocycles. The van der Waals surface area contributed by atoms with Crippen LogP contribution >= 0.6 is 0 Å². The lowest BCUT2D eigenvalue weighted by atomic mass is 9.99. The molecule has 1 unspecified atom stereocenters. The van der Waals surface area contributed by atoms with Crippen molar-refractivity contribution < 1.29 is 14.3 Å². The molecule has 1 aromatic rings. The van der Waals surface area contributed by atoms with Crippen LogP contribution in [0.4, 0.5) is 0 Å². The lowest BCUT2D eigenvalue weighted by Gasteiger charge is -2.10. The van der Waals surface area contributed by atoms with Crippen molar-refractivity contribution in [2.75, 3.05) is 0 Å². The summed E-state index contributed by atoms with van der Waals surface area (Å²) in [7, 11) is 0. The molecule has 0 fully saturated rings. The summed E-state index contributed by atoms with van der Waals surface area (Å²) >= 11 is 0. The lowest BCUT2D eigenvalue weighted by Crippen LogP contribution is -2.15. The zero-order chi connectivity index (χ0) is 13.0. The van der Waals surface area contributed by atoms with Gasteiger partial charge in [-0.25, -0.2) is 9.59 Å². The number of esters is 2. The molecule has 3 nitrogen and oxygen atoms in total. The number of ether oxygens (including phenoxy) is 1. The van der Waals surface area contributed by atoms with Crippen LogP contribution in [0, 0.1) is 5.92 Å². The zero-order valence-electron chi connectivity index (χ0n) is 10.1. The summed E-state index contributed by atoms with van der Waals surface area (Å²) < 4.78 is 4.81. The number of allylic oxidation sites excluding steroid dienone is 2. The summed E-state index contributed by atoms with van der Waals surface area (Å²) in [6.07, 6.45) is 6.23. The summed E-state index contributed by atoms with van der Waals surface area (Å²) in [6, 6.07) is 8.48. The van der Waals surface area contributed by atoms with Crippen molar-refractivity contribution in [1.82, 2.24) is 0 Å². The second kappa shape index (κ2) is 5.45. The van der Waals surface area contributed by atoms with E-state index in [9.17, 15) is 9.59 Å². The number of benzene rings is 1. The average molecular weight is 242 g/mol. The summed E-state index contributed by atoms with van der Waals surface area (Å²) in [6.45, 7) is 2.06. The molecular weight excluding hydrogens is 228 g/mol. The van der Waals surface area contributed by atoms with E-state index in [0.29, 0.717) is 17.1 Å². The Hall–Kier alpha value is -2.16. The minimum Gasteiger partial charge on any atom is -0.386 e. The van der Waals surface area contributed by atoms with Crippen LogP contribution in [0.25, 0.3) is 0 Å². The monoisotopic (exact) mass is 242 g/mol. The van der Waals surface area contributed by atoms with Crippen LogP contribution < -0.4 is 0 Å². The van der Waals surface area contributed by atoms with E-state index in [2.05, 4.69) is 6.92 Å². The Bertz CT molecular complexity index is 512. The van der Waals surface area contributed by atoms with Crippen molar-refractivity contribution in [3.8, 4) is 0 Å². The molecule has 1 aliphatic carbocycles. The molecule has 2 rings (SSSR count). The maximum Gasteiger partial charge on any atom is 0.346 e. The first-order chi connectivity index (χ1) is 8.66. The Morgan fingerprint density at radius 1 is 1.17 bits per heavy atom. The van der Waals surface area contributed by atoms with Crippen molar-refractivity contribution in [3.63, 3.8) is 0 Å². The summed E-state index contributed by atoms with van der Waals surface area (Å²) in [5.41, 5.74) is 0.817. The Balaban J connectivity index is 2.01. The number of hydrogen-bond acceptors (Lipinski definition) is 3. The first-order valence-electron chi connectivity index (χ1n) is 5.87. The van der Waals surface area contributed by atoms with Gasteiger partial charge in [0, 0.05) is 0 Å². The standard InChI is InChI=1S/C15H14O3/c1-11-7-9-13(10-8-11)15(17)18-14(16)12-5-3-2-4-6-12/h2-7,9-11H,8H2,1H3. The maximum absolute atomic E-state index is 11.7. The molecule has 0 N–H and O–H groups in total. The topological polar surface area (TPSA) is 43.4 Å². The number of carbonyl (C=O) groups is 2. The molecule has 1 aliphatic rings. The van der Waals surface area contributed by atoms with Gasteiger partial charge in [0.05, 0.1) is 11.1 Å². The zero-order valence-corrected chi connectivity index (χ0v) is 10.1. The normalized spacial score (nSPS) is 18.1. The Morgan fingerprint density at radius 2 is 1.89 bits per heavy atom. The van der Waals surface area contributed by atoms with Crippen LogP contribution in [0.1, 0.15) is 23.7 Å². The van der Waals surface area contributed by atoms with Crippen molar-refractivity contribution >= 4 is 11.9 Å². The van der Waals surface area contributed by atoms with Crippen LogP contribution in [0.15, 0.2) is 54.1 Å². The van der Waals surface area contributed by atoms with Gasteiger partial charge in [-0.05, 0) is 24.5 Å². The minimum absolute atomic E-state index is 0.375. The fourth-order valence-corrected chi connectivity index (χ4v) is 1.66. The molecule has 3 heteroatoms. The van der Waals surface area contributed by atoms with E-state index < -0.39 is 11.9 Å². The predicted molar refractivity (Wildman–Crippen MR) is 67.9 cm³/mol. The van der Waals surface area contributed by atoms with Gasteiger partial charge in [0.15, 0.2) is 0 Å². The van der Waals surface area contributed by atoms with Gasteiger partial charge in [-0.3, -0.25) is 0 Å². The molecule has 0 saturated carbocycles. The van der Waals surface area contributed by atoms with Crippen LogP contribution in [0.3, 0.4) is 0 Å². The van der Waals surface area contributed by atoms with Crippen LogP contribution in [0.2, 0.25) is 0 Å². The molecule has 92 valence electrons. The molecule has 0 aliphatic heterocycles. The van der Waals surface area contributed by atoms with Gasteiger partial charge in [-0.2, -0.15) is 0 Å². The summed E-state index contributed by atoms with van der Waals surface area (Å²) in [5, 5.41) is 0. The van der Waals surface area contributed by atoms with E-state index in [1.54, 1.807) is 42.5 Å². The van der Waals surface area contributed by atoms with Crippen LogP contribution in [-0.4, -0.2) is 11.9 Å². The van der Waals surface area contributed by atoms with Gasteiger partial charge in [-0.15, -0.1) is 0 Å². The highest BCUT2D eigenvalue weighted by Crippen LogP contribution is 2.17. The summed E-state index contributed by atoms with van der Waals surface area (Å²) in [5.74, 6) is -0.785. The first kappa shape index (κ1) is 12.3. The highest BCUT2D eigenvalue weighted by atomic mass is 16.6. The van der Waals surface area contributed by atoms with E-state index in [0.717, 1.165) is 6.42 Å². The second-order valence-electron chi connectivity index (χ2n) is 4.27. The van der Waals surface area contributed by atoms with Crippen LogP contribution in [-0.2, 0) is 9.53 Å². The van der Waals surface area contributed by atoms with E-state index >= 15 is 0 Å². The second-order valence-corrected chi connectivity index (χ2v) is 4.27. The largest absolute Gasteiger partial charge is 0.386 e. The fourth-order valence-electron chi connectivity index (χ4n) is 1.66. The van der Waals surface area contributed by atoms with Crippen molar-refractivity contribution in [3.05, 3.63) is 59.7 Å². The van der Waals surface area contributed by atoms with Gasteiger partial charge in [0.1, 0.15) is 0 Å². The lowest BCUT2D eigenvalue weighted by molar-refractivity contribution is -0.133. The molecule has 0 radical (unpaired) electrons. The first-order valence-corrected chi connectivity index (χ1v) is 5.87. The number of hydrogen-bond donors (Lipinski definition) is 0. The minimum atomic E-state index is -0.617. The highest BCUT2D eigenvalue weighted by molar-refractivity contribution is 6.03. The molecule has 18 heavy (non-hydrogen) atoms. The Morgan fingerprint density at radius 3 is 2.50 bits per heavy atom. The highest BCUT2D eigenvalue weighted by Gasteiger charge is 2.17. The molecule has 0 spiro atoms. The Kier molecular flexibility index (Phi) is 3.72. The van der Waals surface area contributed by atoms with Crippen molar-refractivity contribution in [1.29, 1.82) is 0 Å². The molecular formula is C15H14O3. The van der Waals surface area contributed by atoms with Crippen molar-refractivity contribution in [2.24, 2.45) is 5.92 Å². The molecule has 1 aromatic carbocycles. The van der Waals surface area contributed by atoms with Crippen LogP contribution in [0.5, 0.6) is 0 Å². The van der Waals surface area contributed by atoms with Gasteiger partial charge in [0.2, 0.25) is 0 Å². The maximum atomic E-state index is 11.7. The molecule has 0 aromatic heterocycles. The molecule has 0 amide bonds. The fraction of sp³-hybridized carbons (Fsp3) is 0.200.